The van der Waals surface area contributed by atoms with Crippen LogP contribution in [0.3, 0.4) is 0 Å². The van der Waals surface area contributed by atoms with Crippen molar-refractivity contribution in [1.82, 2.24) is 10.2 Å². The van der Waals surface area contributed by atoms with Crippen LogP contribution in [0, 0.1) is 0 Å². The van der Waals surface area contributed by atoms with Crippen molar-refractivity contribution in [3.05, 3.63) is 0 Å². The van der Waals surface area contributed by atoms with Crippen LogP contribution < -0.4 is 5.32 Å². The smallest absolute Gasteiger partial charge is 0.0104 e. The van der Waals surface area contributed by atoms with Crippen LogP contribution in [0.1, 0.15) is 52.9 Å². The third-order valence-corrected chi connectivity index (χ3v) is 2.83. The highest BCUT2D eigenvalue weighted by atomic mass is 15.1. The first-order chi connectivity index (χ1) is 7.20. The lowest BCUT2D eigenvalue weighted by molar-refractivity contribution is 0.323. The molecule has 0 aliphatic heterocycles. The number of likely N-dealkylation sites (N-methyl/N-ethyl adjacent to an activating group) is 1. The Kier molecular flexibility index (Phi) is 10.4. The Hall–Kier alpha value is -0.0800. The molecule has 0 aromatic heterocycles. The number of hydrogen-bond donors (Lipinski definition) is 1. The second-order valence-electron chi connectivity index (χ2n) is 4.65. The summed E-state index contributed by atoms with van der Waals surface area (Å²) in [4.78, 5) is 2.39. The van der Waals surface area contributed by atoms with E-state index in [9.17, 15) is 0 Å². The van der Waals surface area contributed by atoms with Gasteiger partial charge in [0.05, 0.1) is 0 Å². The molecule has 0 rings (SSSR count). The van der Waals surface area contributed by atoms with Gasteiger partial charge in [0, 0.05) is 19.1 Å². The van der Waals surface area contributed by atoms with E-state index in [-0.39, 0.29) is 0 Å². The molecular formula is C13H30N2. The summed E-state index contributed by atoms with van der Waals surface area (Å²) in [5, 5.41) is 3.59. The van der Waals surface area contributed by atoms with E-state index in [4.69, 9.17) is 0 Å². The van der Waals surface area contributed by atoms with Crippen molar-refractivity contribution >= 4 is 0 Å². The highest BCUT2D eigenvalue weighted by molar-refractivity contribution is 4.62. The Morgan fingerprint density at radius 2 is 1.80 bits per heavy atom. The first-order valence-corrected chi connectivity index (χ1v) is 6.62. The lowest BCUT2D eigenvalue weighted by Crippen LogP contribution is -2.34. The molecule has 0 aliphatic carbocycles. The molecule has 0 aromatic rings. The van der Waals surface area contributed by atoms with Gasteiger partial charge in [0.1, 0.15) is 0 Å². The van der Waals surface area contributed by atoms with E-state index >= 15 is 0 Å². The summed E-state index contributed by atoms with van der Waals surface area (Å²) >= 11 is 0. The van der Waals surface area contributed by atoms with Gasteiger partial charge in [-0.25, -0.2) is 0 Å². The number of hydrogen-bond acceptors (Lipinski definition) is 2. The molecule has 2 nitrogen and oxygen atoms in total. The van der Waals surface area contributed by atoms with Crippen molar-refractivity contribution in [2.24, 2.45) is 0 Å². The molecule has 92 valence electrons. The largest absolute Gasteiger partial charge is 0.313 e. The molecule has 2 heteroatoms. The van der Waals surface area contributed by atoms with Gasteiger partial charge >= 0.3 is 0 Å². The number of rotatable bonds is 10. The van der Waals surface area contributed by atoms with Crippen LogP contribution >= 0.6 is 0 Å². The van der Waals surface area contributed by atoms with Crippen molar-refractivity contribution in [2.45, 2.75) is 58.9 Å². The molecular weight excluding hydrogens is 184 g/mol. The standard InChI is InChI=1S/C13H30N2/c1-5-7-8-9-13(3)14-10-12-15(4)11-6-2/h13-14H,5-12H2,1-4H3. The Labute approximate surface area is 96.4 Å². The summed E-state index contributed by atoms with van der Waals surface area (Å²) < 4.78 is 0. The second-order valence-corrected chi connectivity index (χ2v) is 4.65. The Balaban J connectivity index is 3.26. The molecule has 0 heterocycles. The summed E-state index contributed by atoms with van der Waals surface area (Å²) in [5.41, 5.74) is 0. The molecule has 15 heavy (non-hydrogen) atoms. The second kappa shape index (κ2) is 10.4. The summed E-state index contributed by atoms with van der Waals surface area (Å²) in [5.74, 6) is 0. The van der Waals surface area contributed by atoms with E-state index in [1.807, 2.05) is 0 Å². The van der Waals surface area contributed by atoms with E-state index < -0.39 is 0 Å². The number of nitrogens with one attached hydrogen (secondary N) is 1. The molecule has 1 atom stereocenters. The van der Waals surface area contributed by atoms with Crippen LogP contribution in [0.4, 0.5) is 0 Å². The third-order valence-electron chi connectivity index (χ3n) is 2.83. The van der Waals surface area contributed by atoms with Gasteiger partial charge in [0.15, 0.2) is 0 Å². The minimum atomic E-state index is 0.687. The molecule has 0 radical (unpaired) electrons. The van der Waals surface area contributed by atoms with Gasteiger partial charge < -0.3 is 10.2 Å². The average molecular weight is 214 g/mol. The SMILES string of the molecule is CCCCCC(C)NCCN(C)CCC. The fourth-order valence-corrected chi connectivity index (χ4v) is 1.80. The van der Waals surface area contributed by atoms with Gasteiger partial charge in [0.25, 0.3) is 0 Å². The van der Waals surface area contributed by atoms with Gasteiger partial charge in [-0.05, 0) is 33.4 Å². The molecule has 1 unspecified atom stereocenters. The highest BCUT2D eigenvalue weighted by Gasteiger charge is 2.01. The van der Waals surface area contributed by atoms with Crippen LogP contribution in [0.5, 0.6) is 0 Å². The summed E-state index contributed by atoms with van der Waals surface area (Å²) in [6.45, 7) is 10.3. The van der Waals surface area contributed by atoms with Crippen LogP contribution in [0.25, 0.3) is 0 Å². The number of nitrogens with zero attached hydrogens (tertiary/aromatic N) is 1. The zero-order valence-electron chi connectivity index (χ0n) is 11.2. The van der Waals surface area contributed by atoms with E-state index in [0.29, 0.717) is 6.04 Å². The maximum atomic E-state index is 3.59. The zero-order chi connectivity index (χ0) is 11.5. The minimum Gasteiger partial charge on any atom is -0.313 e. The van der Waals surface area contributed by atoms with Gasteiger partial charge in [-0.15, -0.1) is 0 Å². The van der Waals surface area contributed by atoms with Crippen molar-refractivity contribution in [3.8, 4) is 0 Å². The van der Waals surface area contributed by atoms with E-state index in [1.165, 1.54) is 45.2 Å². The maximum absolute atomic E-state index is 3.59. The quantitative estimate of drug-likeness (QED) is 0.563. The van der Waals surface area contributed by atoms with E-state index in [2.05, 4.69) is 38.0 Å². The molecule has 0 spiro atoms. The normalized spacial score (nSPS) is 13.4. The van der Waals surface area contributed by atoms with Crippen LogP contribution in [0.2, 0.25) is 0 Å². The molecule has 0 aromatic carbocycles. The highest BCUT2D eigenvalue weighted by Crippen LogP contribution is 2.02. The molecule has 0 fully saturated rings. The summed E-state index contributed by atoms with van der Waals surface area (Å²) in [6, 6.07) is 0.687. The van der Waals surface area contributed by atoms with Crippen LogP contribution in [0.15, 0.2) is 0 Å². The topological polar surface area (TPSA) is 15.3 Å². The Bertz CT molecular complexity index is 126. The van der Waals surface area contributed by atoms with E-state index in [0.717, 1.165) is 6.54 Å². The molecule has 0 amide bonds. The average Bonchev–Trinajstić information content (AvgIpc) is 2.18. The first kappa shape index (κ1) is 14.9. The molecule has 0 saturated carbocycles. The lowest BCUT2D eigenvalue weighted by atomic mass is 10.1. The predicted octanol–water partition coefficient (Wildman–Crippen LogP) is 2.89. The Morgan fingerprint density at radius 3 is 2.40 bits per heavy atom. The fraction of sp³-hybridized carbons (Fsp3) is 1.00. The maximum Gasteiger partial charge on any atom is 0.0104 e. The molecule has 0 aliphatic rings. The van der Waals surface area contributed by atoms with Crippen molar-refractivity contribution in [2.75, 3.05) is 26.7 Å². The van der Waals surface area contributed by atoms with Crippen LogP contribution in [-0.2, 0) is 0 Å². The predicted molar refractivity (Wildman–Crippen MR) is 69.4 cm³/mol. The molecule has 1 N–H and O–H groups in total. The Morgan fingerprint density at radius 1 is 1.07 bits per heavy atom. The third kappa shape index (κ3) is 10.2. The molecule has 0 bridgehead atoms. The van der Waals surface area contributed by atoms with Crippen molar-refractivity contribution in [3.63, 3.8) is 0 Å². The molecule has 0 saturated heterocycles. The number of unbranched alkanes of at least 4 members (excludes halogenated alkanes) is 2. The summed E-state index contributed by atoms with van der Waals surface area (Å²) in [6.07, 6.45) is 6.65. The van der Waals surface area contributed by atoms with Crippen LogP contribution in [-0.4, -0.2) is 37.6 Å². The van der Waals surface area contributed by atoms with Crippen molar-refractivity contribution in [1.29, 1.82) is 0 Å². The van der Waals surface area contributed by atoms with E-state index in [1.54, 1.807) is 0 Å². The summed E-state index contributed by atoms with van der Waals surface area (Å²) in [7, 11) is 2.20. The lowest BCUT2D eigenvalue weighted by Gasteiger charge is -2.18. The van der Waals surface area contributed by atoms with Gasteiger partial charge in [0.2, 0.25) is 0 Å². The van der Waals surface area contributed by atoms with Crippen molar-refractivity contribution < 1.29 is 0 Å². The van der Waals surface area contributed by atoms with Gasteiger partial charge in [-0.2, -0.15) is 0 Å². The van der Waals surface area contributed by atoms with Gasteiger partial charge in [-0.1, -0.05) is 33.1 Å². The minimum absolute atomic E-state index is 0.687. The zero-order valence-corrected chi connectivity index (χ0v) is 11.2. The first-order valence-electron chi connectivity index (χ1n) is 6.62. The fourth-order valence-electron chi connectivity index (χ4n) is 1.80. The monoisotopic (exact) mass is 214 g/mol. The van der Waals surface area contributed by atoms with Gasteiger partial charge in [-0.3, -0.25) is 0 Å².